The number of unbranched alkanes of at least 4 members (excludes halogenated alkanes) is 1. The summed E-state index contributed by atoms with van der Waals surface area (Å²) in [4.78, 5) is 9.82. The third kappa shape index (κ3) is 9.23. The van der Waals surface area contributed by atoms with E-state index >= 15 is 0 Å². The second-order valence-corrected chi connectivity index (χ2v) is 9.89. The van der Waals surface area contributed by atoms with E-state index < -0.39 is 0 Å². The normalized spacial score (nSPS) is 14.9. The number of aliphatic imine (C=N–C) groups is 1. The standard InChI is InChI=1S/C32H51N5/c1-9-15-19-36(18-10-2)29-16-20-37(21-17-29)32-22-28(14-6)30(23-31(32)34-25(7)11-3)35-26(8)33-24-27(12-4)13-5/h11-12,22-24,29,34-35H,3,7-10,13-21H2,1-2,4-6H3/b27-12-,33-24-. The number of hydrogen-bond donors (Lipinski definition) is 2. The molecular weight excluding hydrogens is 454 g/mol. The predicted octanol–water partition coefficient (Wildman–Crippen LogP) is 8.15. The van der Waals surface area contributed by atoms with Crippen molar-refractivity contribution in [3.8, 4) is 0 Å². The van der Waals surface area contributed by atoms with E-state index in [4.69, 9.17) is 0 Å². The van der Waals surface area contributed by atoms with E-state index in [1.54, 1.807) is 6.08 Å². The lowest BCUT2D eigenvalue weighted by Gasteiger charge is -2.40. The molecule has 0 amide bonds. The highest BCUT2D eigenvalue weighted by Gasteiger charge is 2.26. The Morgan fingerprint density at radius 1 is 1.05 bits per heavy atom. The minimum absolute atomic E-state index is 0.632. The molecule has 1 aliphatic heterocycles. The van der Waals surface area contributed by atoms with Gasteiger partial charge in [-0.25, -0.2) is 4.99 Å². The van der Waals surface area contributed by atoms with E-state index in [1.807, 2.05) is 13.1 Å². The maximum Gasteiger partial charge on any atom is 0.123 e. The van der Waals surface area contributed by atoms with Crippen LogP contribution >= 0.6 is 0 Å². The Morgan fingerprint density at radius 3 is 2.35 bits per heavy atom. The Balaban J connectivity index is 2.28. The summed E-state index contributed by atoms with van der Waals surface area (Å²) in [5.74, 6) is 0.632. The molecule has 1 aromatic carbocycles. The molecule has 204 valence electrons. The summed E-state index contributed by atoms with van der Waals surface area (Å²) in [6.45, 7) is 27.6. The van der Waals surface area contributed by atoms with Crippen LogP contribution in [0.2, 0.25) is 0 Å². The van der Waals surface area contributed by atoms with Gasteiger partial charge in [0.25, 0.3) is 0 Å². The average molecular weight is 506 g/mol. The van der Waals surface area contributed by atoms with Gasteiger partial charge in [-0.15, -0.1) is 0 Å². The van der Waals surface area contributed by atoms with Gasteiger partial charge in [-0.05, 0) is 87.9 Å². The third-order valence-electron chi connectivity index (χ3n) is 7.22. The molecule has 0 spiro atoms. The molecular formula is C32H51N5. The fourth-order valence-electron chi connectivity index (χ4n) is 4.94. The number of hydrogen-bond acceptors (Lipinski definition) is 5. The van der Waals surface area contributed by atoms with Crippen molar-refractivity contribution in [3.63, 3.8) is 0 Å². The van der Waals surface area contributed by atoms with Crippen LogP contribution in [0.25, 0.3) is 0 Å². The van der Waals surface area contributed by atoms with E-state index in [-0.39, 0.29) is 0 Å². The minimum atomic E-state index is 0.632. The van der Waals surface area contributed by atoms with Crippen LogP contribution in [0, 0.1) is 0 Å². The first-order valence-corrected chi connectivity index (χ1v) is 14.3. The molecule has 2 rings (SSSR count). The molecule has 0 unspecified atom stereocenters. The molecule has 1 aliphatic rings. The largest absolute Gasteiger partial charge is 0.370 e. The Bertz CT molecular complexity index is 950. The summed E-state index contributed by atoms with van der Waals surface area (Å²) >= 11 is 0. The van der Waals surface area contributed by atoms with Crippen molar-refractivity contribution < 1.29 is 0 Å². The Hall–Kier alpha value is -2.79. The first-order chi connectivity index (χ1) is 17.9. The lowest BCUT2D eigenvalue weighted by Crippen LogP contribution is -2.45. The molecule has 1 saturated heterocycles. The van der Waals surface area contributed by atoms with Gasteiger partial charge in [-0.3, -0.25) is 0 Å². The third-order valence-corrected chi connectivity index (χ3v) is 7.22. The summed E-state index contributed by atoms with van der Waals surface area (Å²) in [5.41, 5.74) is 6.52. The summed E-state index contributed by atoms with van der Waals surface area (Å²) in [7, 11) is 0. The summed E-state index contributed by atoms with van der Waals surface area (Å²) in [5, 5.41) is 6.93. The number of nitrogens with one attached hydrogen (secondary N) is 2. The molecule has 0 bridgehead atoms. The molecule has 0 aromatic heterocycles. The van der Waals surface area contributed by atoms with Crippen molar-refractivity contribution in [2.24, 2.45) is 4.99 Å². The monoisotopic (exact) mass is 505 g/mol. The molecule has 2 N–H and O–H groups in total. The van der Waals surface area contributed by atoms with Crippen molar-refractivity contribution in [3.05, 3.63) is 66.7 Å². The van der Waals surface area contributed by atoms with Gasteiger partial charge in [0.05, 0.1) is 11.4 Å². The van der Waals surface area contributed by atoms with Crippen LogP contribution in [-0.4, -0.2) is 43.3 Å². The molecule has 1 aromatic rings. The Kier molecular flexibility index (Phi) is 13.3. The van der Waals surface area contributed by atoms with Crippen LogP contribution in [0.4, 0.5) is 17.1 Å². The van der Waals surface area contributed by atoms with Crippen LogP contribution < -0.4 is 15.5 Å². The molecule has 0 aliphatic carbocycles. The second-order valence-electron chi connectivity index (χ2n) is 9.89. The van der Waals surface area contributed by atoms with E-state index in [1.165, 1.54) is 62.0 Å². The van der Waals surface area contributed by atoms with Crippen molar-refractivity contribution in [2.45, 2.75) is 85.6 Å². The van der Waals surface area contributed by atoms with Crippen molar-refractivity contribution >= 4 is 23.3 Å². The highest BCUT2D eigenvalue weighted by Crippen LogP contribution is 2.36. The van der Waals surface area contributed by atoms with Gasteiger partial charge in [0.1, 0.15) is 5.82 Å². The highest BCUT2D eigenvalue weighted by molar-refractivity contribution is 5.81. The van der Waals surface area contributed by atoms with Gasteiger partial charge in [0.2, 0.25) is 0 Å². The van der Waals surface area contributed by atoms with Crippen molar-refractivity contribution in [2.75, 3.05) is 41.7 Å². The quantitative estimate of drug-likeness (QED) is 0.176. The maximum absolute atomic E-state index is 4.55. The summed E-state index contributed by atoms with van der Waals surface area (Å²) in [6, 6.07) is 5.18. The van der Waals surface area contributed by atoms with Crippen LogP contribution in [0.5, 0.6) is 0 Å². The molecule has 1 heterocycles. The fraction of sp³-hybridized carbons (Fsp3) is 0.531. The van der Waals surface area contributed by atoms with E-state index in [9.17, 15) is 0 Å². The lowest BCUT2D eigenvalue weighted by atomic mass is 10.00. The fourth-order valence-corrected chi connectivity index (χ4v) is 4.94. The van der Waals surface area contributed by atoms with Gasteiger partial charge in [-0.1, -0.05) is 59.9 Å². The molecule has 37 heavy (non-hydrogen) atoms. The van der Waals surface area contributed by atoms with Gasteiger partial charge in [-0.2, -0.15) is 0 Å². The zero-order chi connectivity index (χ0) is 27.2. The average Bonchev–Trinajstić information content (AvgIpc) is 2.91. The van der Waals surface area contributed by atoms with E-state index in [0.29, 0.717) is 11.9 Å². The van der Waals surface area contributed by atoms with Gasteiger partial charge in [0.15, 0.2) is 0 Å². The van der Waals surface area contributed by atoms with Crippen LogP contribution in [0.1, 0.15) is 78.7 Å². The number of aryl methyl sites for hydroxylation is 1. The molecule has 5 heteroatoms. The summed E-state index contributed by atoms with van der Waals surface area (Å²) < 4.78 is 0. The Labute approximate surface area is 227 Å². The number of nitrogens with zero attached hydrogens (tertiary/aromatic N) is 3. The first-order valence-electron chi connectivity index (χ1n) is 14.3. The number of anilines is 3. The van der Waals surface area contributed by atoms with E-state index in [0.717, 1.165) is 43.0 Å². The van der Waals surface area contributed by atoms with Crippen LogP contribution in [-0.2, 0) is 6.42 Å². The minimum Gasteiger partial charge on any atom is -0.370 e. The van der Waals surface area contributed by atoms with Crippen molar-refractivity contribution in [1.29, 1.82) is 0 Å². The topological polar surface area (TPSA) is 42.9 Å². The number of rotatable bonds is 16. The maximum atomic E-state index is 4.55. The van der Waals surface area contributed by atoms with Gasteiger partial charge < -0.3 is 20.4 Å². The SMILES string of the molecule is C=CC(=C)Nc1cc(NC(=C)/N=C\C(=C/C)CC)c(CC)cc1N1CCC(N(CCC)CCCC)CC1. The molecule has 5 nitrogen and oxygen atoms in total. The predicted molar refractivity (Wildman–Crippen MR) is 166 cm³/mol. The Morgan fingerprint density at radius 2 is 1.78 bits per heavy atom. The second kappa shape index (κ2) is 16.1. The lowest BCUT2D eigenvalue weighted by molar-refractivity contribution is 0.166. The smallest absolute Gasteiger partial charge is 0.123 e. The number of benzene rings is 1. The van der Waals surface area contributed by atoms with Gasteiger partial charge >= 0.3 is 0 Å². The summed E-state index contributed by atoms with van der Waals surface area (Å²) in [6.07, 6.45) is 13.8. The molecule has 0 atom stereocenters. The van der Waals surface area contributed by atoms with Crippen LogP contribution in [0.3, 0.4) is 0 Å². The van der Waals surface area contributed by atoms with Crippen molar-refractivity contribution in [1.82, 2.24) is 4.90 Å². The van der Waals surface area contributed by atoms with Crippen LogP contribution in [0.15, 0.2) is 66.1 Å². The first kappa shape index (κ1) is 30.4. The van der Waals surface area contributed by atoms with Gasteiger partial charge in [0, 0.05) is 36.7 Å². The zero-order valence-electron chi connectivity index (χ0n) is 24.2. The highest BCUT2D eigenvalue weighted by atomic mass is 15.2. The van der Waals surface area contributed by atoms with E-state index in [2.05, 4.69) is 91.1 Å². The molecule has 1 fully saturated rings. The number of piperidine rings is 1. The number of allylic oxidation sites excluding steroid dienone is 3. The molecule has 0 radical (unpaired) electrons. The molecule has 0 saturated carbocycles. The zero-order valence-corrected chi connectivity index (χ0v) is 24.2.